The summed E-state index contributed by atoms with van der Waals surface area (Å²) in [5, 5.41) is 16.7. The summed E-state index contributed by atoms with van der Waals surface area (Å²) in [7, 11) is 0. The smallest absolute Gasteiger partial charge is 0.181 e. The van der Waals surface area contributed by atoms with Gasteiger partial charge < -0.3 is 5.11 Å². The van der Waals surface area contributed by atoms with E-state index >= 15 is 0 Å². The number of Topliss-reactive ketones (excluding diaryl/α,β-unsaturated/α-hetero) is 1. The van der Waals surface area contributed by atoms with Crippen LogP contribution in [0.3, 0.4) is 0 Å². The highest BCUT2D eigenvalue weighted by Gasteiger charge is 2.07. The molecule has 0 radical (unpaired) electrons. The monoisotopic (exact) mass is 233 g/mol. The van der Waals surface area contributed by atoms with Crippen LogP contribution in [-0.4, -0.2) is 16.6 Å². The second-order valence-electron chi connectivity index (χ2n) is 3.53. The van der Waals surface area contributed by atoms with Crippen molar-refractivity contribution in [3.05, 3.63) is 48.3 Å². The number of rotatable bonds is 7. The van der Waals surface area contributed by atoms with Gasteiger partial charge in [-0.25, -0.2) is 0 Å². The fourth-order valence-corrected chi connectivity index (χ4v) is 1.13. The van der Waals surface area contributed by atoms with Crippen molar-refractivity contribution < 1.29 is 9.90 Å². The fraction of sp³-hybridized carbons (Fsp3) is 0.286. The lowest BCUT2D eigenvalue weighted by Crippen LogP contribution is -2.10. The Balaban J connectivity index is 4.39. The van der Waals surface area contributed by atoms with Crippen LogP contribution >= 0.6 is 0 Å². The fourth-order valence-electron chi connectivity index (χ4n) is 1.13. The van der Waals surface area contributed by atoms with E-state index in [1.807, 2.05) is 25.2 Å². The molecule has 0 aromatic rings. The summed E-state index contributed by atoms with van der Waals surface area (Å²) in [4.78, 5) is 10.8. The standard InChI is InChI=1S/C14H19NO2/c1-4-6-8-12(5-2)9-7-10-13(17)14(15)11(3)16/h4-6,8,10,15,17H,2,7,9H2,1,3H3/b6-4-,12-8+,13-10+,15-14?. The van der Waals surface area contributed by atoms with Crippen LogP contribution < -0.4 is 0 Å². The first-order valence-corrected chi connectivity index (χ1v) is 5.46. The van der Waals surface area contributed by atoms with Crippen molar-refractivity contribution in [2.75, 3.05) is 0 Å². The number of hydrogen-bond donors (Lipinski definition) is 2. The Morgan fingerprint density at radius 2 is 2.12 bits per heavy atom. The number of nitrogens with one attached hydrogen (secondary N) is 1. The maximum atomic E-state index is 10.8. The van der Waals surface area contributed by atoms with E-state index in [1.54, 1.807) is 6.08 Å². The first-order valence-electron chi connectivity index (χ1n) is 5.46. The van der Waals surface area contributed by atoms with Gasteiger partial charge in [0.15, 0.2) is 5.78 Å². The average molecular weight is 233 g/mol. The van der Waals surface area contributed by atoms with Crippen molar-refractivity contribution >= 4 is 11.5 Å². The van der Waals surface area contributed by atoms with Gasteiger partial charge in [0.1, 0.15) is 11.5 Å². The molecule has 0 aromatic heterocycles. The molecule has 2 N–H and O–H groups in total. The molecule has 0 bridgehead atoms. The minimum absolute atomic E-state index is 0.257. The Labute approximate surface area is 102 Å². The first kappa shape index (κ1) is 15.1. The van der Waals surface area contributed by atoms with E-state index in [0.29, 0.717) is 12.8 Å². The molecule has 0 fully saturated rings. The highest BCUT2D eigenvalue weighted by Crippen LogP contribution is 2.08. The summed E-state index contributed by atoms with van der Waals surface area (Å²) in [5.74, 6) is -0.695. The molecule has 0 saturated carbocycles. The predicted molar refractivity (Wildman–Crippen MR) is 71.4 cm³/mol. The van der Waals surface area contributed by atoms with Gasteiger partial charge in [0.2, 0.25) is 0 Å². The zero-order chi connectivity index (χ0) is 13.3. The van der Waals surface area contributed by atoms with Gasteiger partial charge in [-0.2, -0.15) is 0 Å². The van der Waals surface area contributed by atoms with Crippen LogP contribution in [0.1, 0.15) is 26.7 Å². The molecule has 0 saturated heterocycles. The second-order valence-corrected chi connectivity index (χ2v) is 3.53. The quantitative estimate of drug-likeness (QED) is 0.401. The minimum atomic E-state index is -0.438. The summed E-state index contributed by atoms with van der Waals surface area (Å²) in [6.45, 7) is 6.88. The van der Waals surface area contributed by atoms with Gasteiger partial charge in [-0.05, 0) is 31.4 Å². The molecule has 0 aliphatic heterocycles. The predicted octanol–water partition coefficient (Wildman–Crippen LogP) is 3.51. The molecular formula is C14H19NO2. The third-order valence-corrected chi connectivity index (χ3v) is 2.14. The third-order valence-electron chi connectivity index (χ3n) is 2.14. The van der Waals surface area contributed by atoms with Crippen molar-refractivity contribution in [3.8, 4) is 0 Å². The topological polar surface area (TPSA) is 61.1 Å². The summed E-state index contributed by atoms with van der Waals surface area (Å²) in [6, 6.07) is 0. The molecule has 0 heterocycles. The van der Waals surface area contributed by atoms with Gasteiger partial charge >= 0.3 is 0 Å². The van der Waals surface area contributed by atoms with Gasteiger partial charge in [-0.15, -0.1) is 0 Å². The highest BCUT2D eigenvalue weighted by atomic mass is 16.3. The molecule has 0 rings (SSSR count). The maximum absolute atomic E-state index is 10.8. The van der Waals surface area contributed by atoms with Crippen molar-refractivity contribution in [1.82, 2.24) is 0 Å². The van der Waals surface area contributed by atoms with Crippen molar-refractivity contribution in [2.45, 2.75) is 26.7 Å². The van der Waals surface area contributed by atoms with E-state index in [4.69, 9.17) is 5.41 Å². The summed E-state index contributed by atoms with van der Waals surface area (Å²) < 4.78 is 0. The van der Waals surface area contributed by atoms with Gasteiger partial charge in [-0.1, -0.05) is 30.9 Å². The molecule has 0 aliphatic rings. The Bertz CT molecular complexity index is 387. The molecule has 0 spiro atoms. The Kier molecular flexibility index (Phi) is 7.35. The maximum Gasteiger partial charge on any atom is 0.181 e. The van der Waals surface area contributed by atoms with Crippen LogP contribution in [0.5, 0.6) is 0 Å². The van der Waals surface area contributed by atoms with Crippen molar-refractivity contribution in [2.24, 2.45) is 0 Å². The van der Waals surface area contributed by atoms with Crippen LogP contribution in [0.2, 0.25) is 0 Å². The molecule has 3 nitrogen and oxygen atoms in total. The van der Waals surface area contributed by atoms with Crippen molar-refractivity contribution in [3.63, 3.8) is 0 Å². The molecule has 3 heteroatoms. The summed E-state index contributed by atoms with van der Waals surface area (Å²) >= 11 is 0. The largest absolute Gasteiger partial charge is 0.506 e. The molecule has 0 aliphatic carbocycles. The normalized spacial score (nSPS) is 12.8. The van der Waals surface area contributed by atoms with Gasteiger partial charge in [-0.3, -0.25) is 10.2 Å². The lowest BCUT2D eigenvalue weighted by Gasteiger charge is -2.00. The van der Waals surface area contributed by atoms with E-state index in [-0.39, 0.29) is 11.5 Å². The molecular weight excluding hydrogens is 214 g/mol. The SMILES string of the molecule is C=C/C(=C\C=C/C)CC/C=C(/O)C(=N)C(C)=O. The minimum Gasteiger partial charge on any atom is -0.506 e. The van der Waals surface area contributed by atoms with E-state index in [9.17, 15) is 9.90 Å². The zero-order valence-corrected chi connectivity index (χ0v) is 10.4. The number of ketones is 1. The van der Waals surface area contributed by atoms with Crippen LogP contribution in [0.4, 0.5) is 0 Å². The number of allylic oxidation sites excluding steroid dienone is 7. The number of aliphatic hydroxyl groups excluding tert-OH is 1. The van der Waals surface area contributed by atoms with Crippen LogP contribution in [0.15, 0.2) is 48.3 Å². The van der Waals surface area contributed by atoms with Crippen LogP contribution in [0.25, 0.3) is 0 Å². The first-order chi connectivity index (χ1) is 8.02. The van der Waals surface area contributed by atoms with E-state index < -0.39 is 5.78 Å². The van der Waals surface area contributed by atoms with E-state index in [2.05, 4.69) is 6.58 Å². The Morgan fingerprint density at radius 1 is 1.47 bits per heavy atom. The zero-order valence-electron chi connectivity index (χ0n) is 10.4. The third kappa shape index (κ3) is 6.30. The molecule has 0 aromatic carbocycles. The lowest BCUT2D eigenvalue weighted by atomic mass is 10.1. The van der Waals surface area contributed by atoms with Gasteiger partial charge in [0.05, 0.1) is 0 Å². The molecule has 0 atom stereocenters. The average Bonchev–Trinajstić information content (AvgIpc) is 2.31. The van der Waals surface area contributed by atoms with E-state index in [1.165, 1.54) is 13.0 Å². The van der Waals surface area contributed by atoms with Crippen LogP contribution in [0, 0.1) is 5.41 Å². The highest BCUT2D eigenvalue weighted by molar-refractivity contribution is 6.43. The number of carbonyl (C=O) groups excluding carboxylic acids is 1. The number of aliphatic hydroxyl groups is 1. The number of carbonyl (C=O) groups is 1. The van der Waals surface area contributed by atoms with Gasteiger partial charge in [0.25, 0.3) is 0 Å². The summed E-state index contributed by atoms with van der Waals surface area (Å²) in [5.41, 5.74) is 0.698. The van der Waals surface area contributed by atoms with E-state index in [0.717, 1.165) is 5.57 Å². The Morgan fingerprint density at radius 3 is 2.59 bits per heavy atom. The molecule has 0 unspecified atom stereocenters. The molecule has 17 heavy (non-hydrogen) atoms. The number of hydrogen-bond acceptors (Lipinski definition) is 3. The van der Waals surface area contributed by atoms with Crippen LogP contribution in [-0.2, 0) is 4.79 Å². The van der Waals surface area contributed by atoms with Gasteiger partial charge in [0, 0.05) is 6.92 Å². The Hall–Kier alpha value is -1.90. The molecule has 92 valence electrons. The summed E-state index contributed by atoms with van der Waals surface area (Å²) in [6.07, 6.45) is 10.3. The second kappa shape index (κ2) is 8.28. The van der Waals surface area contributed by atoms with Crippen molar-refractivity contribution in [1.29, 1.82) is 5.41 Å². The lowest BCUT2D eigenvalue weighted by molar-refractivity contribution is -0.111. The molecule has 0 amide bonds.